The number of hydrogen-bond acceptors (Lipinski definition) is 5. The summed E-state index contributed by atoms with van der Waals surface area (Å²) in [6.07, 6.45) is 3.13. The van der Waals surface area contributed by atoms with E-state index in [-0.39, 0.29) is 0 Å². The highest BCUT2D eigenvalue weighted by Crippen LogP contribution is 2.26. The lowest BCUT2D eigenvalue weighted by atomic mass is 10.3. The van der Waals surface area contributed by atoms with Crippen LogP contribution in [0.4, 0.5) is 0 Å². The number of aromatic nitrogens is 2. The molecule has 0 atom stereocenters. The van der Waals surface area contributed by atoms with Crippen LogP contribution in [0.15, 0.2) is 29.9 Å². The van der Waals surface area contributed by atoms with Gasteiger partial charge >= 0.3 is 0 Å². The fraction of sp³-hybridized carbons (Fsp3) is 0.273. The minimum absolute atomic E-state index is 0.401. The van der Waals surface area contributed by atoms with Gasteiger partial charge in [-0.25, -0.2) is 4.98 Å². The maximum absolute atomic E-state index is 5.14. The van der Waals surface area contributed by atoms with Gasteiger partial charge in [-0.05, 0) is 12.1 Å². The smallest absolute Gasteiger partial charge is 0.201 e. The number of nitrogens with zero attached hydrogens (tertiary/aromatic N) is 2. The molecule has 2 heterocycles. The summed E-state index contributed by atoms with van der Waals surface area (Å²) in [6, 6.07) is 3.87. The van der Waals surface area contributed by atoms with Gasteiger partial charge in [0, 0.05) is 37.6 Å². The van der Waals surface area contributed by atoms with Crippen molar-refractivity contribution in [2.75, 3.05) is 14.2 Å². The second-order valence-electron chi connectivity index (χ2n) is 3.12. The van der Waals surface area contributed by atoms with Gasteiger partial charge in [0.2, 0.25) is 6.29 Å². The summed E-state index contributed by atoms with van der Waals surface area (Å²) in [5.41, 5.74) is 1.79. The molecule has 2 aromatic rings. The van der Waals surface area contributed by atoms with E-state index in [0.717, 1.165) is 16.3 Å². The fourth-order valence-electron chi connectivity index (χ4n) is 1.35. The van der Waals surface area contributed by atoms with Gasteiger partial charge in [0.25, 0.3) is 0 Å². The molecule has 0 saturated carbocycles. The summed E-state index contributed by atoms with van der Waals surface area (Å²) in [7, 11) is 3.19. The molecule has 0 aliphatic rings. The molecule has 0 aliphatic heterocycles. The summed E-state index contributed by atoms with van der Waals surface area (Å²) < 4.78 is 10.3. The van der Waals surface area contributed by atoms with E-state index in [2.05, 4.69) is 9.97 Å². The lowest BCUT2D eigenvalue weighted by Crippen LogP contribution is -2.03. The van der Waals surface area contributed by atoms with Gasteiger partial charge in [-0.2, -0.15) is 0 Å². The average Bonchev–Trinajstić information content (AvgIpc) is 2.81. The second kappa shape index (κ2) is 5.16. The summed E-state index contributed by atoms with van der Waals surface area (Å²) in [5, 5.41) is 2.85. The largest absolute Gasteiger partial charge is 0.350 e. The zero-order valence-corrected chi connectivity index (χ0v) is 9.90. The van der Waals surface area contributed by atoms with Crippen LogP contribution in [-0.2, 0) is 9.47 Å². The first-order valence-electron chi connectivity index (χ1n) is 4.76. The monoisotopic (exact) mass is 236 g/mol. The third kappa shape index (κ3) is 2.27. The molecular formula is C11H12N2O2S. The zero-order chi connectivity index (χ0) is 11.4. The predicted octanol–water partition coefficient (Wildman–Crippen LogP) is 2.50. The van der Waals surface area contributed by atoms with Crippen LogP contribution in [0.25, 0.3) is 10.6 Å². The Morgan fingerprint density at radius 1 is 1.31 bits per heavy atom. The van der Waals surface area contributed by atoms with E-state index >= 15 is 0 Å². The van der Waals surface area contributed by atoms with Crippen molar-refractivity contribution in [1.82, 2.24) is 9.97 Å². The van der Waals surface area contributed by atoms with Crippen LogP contribution in [-0.4, -0.2) is 24.2 Å². The van der Waals surface area contributed by atoms with E-state index in [4.69, 9.17) is 9.47 Å². The Bertz CT molecular complexity index is 440. The van der Waals surface area contributed by atoms with Crippen LogP contribution in [0.2, 0.25) is 0 Å². The first kappa shape index (κ1) is 11.2. The third-order valence-electron chi connectivity index (χ3n) is 2.10. The summed E-state index contributed by atoms with van der Waals surface area (Å²) in [4.78, 5) is 8.51. The SMILES string of the molecule is COC(OC)c1csc(-c2cccnc2)n1. The fourth-order valence-corrected chi connectivity index (χ4v) is 2.17. The van der Waals surface area contributed by atoms with Crippen LogP contribution < -0.4 is 0 Å². The molecule has 0 aliphatic carbocycles. The molecule has 16 heavy (non-hydrogen) atoms. The van der Waals surface area contributed by atoms with Gasteiger partial charge in [0.15, 0.2) is 0 Å². The average molecular weight is 236 g/mol. The Kier molecular flexibility index (Phi) is 3.61. The zero-order valence-electron chi connectivity index (χ0n) is 9.08. The molecule has 0 unspecified atom stereocenters. The van der Waals surface area contributed by atoms with Crippen molar-refractivity contribution >= 4 is 11.3 Å². The van der Waals surface area contributed by atoms with Crippen LogP contribution in [0.1, 0.15) is 12.0 Å². The molecule has 0 amide bonds. The van der Waals surface area contributed by atoms with Crippen molar-refractivity contribution in [3.63, 3.8) is 0 Å². The minimum atomic E-state index is -0.401. The molecule has 4 nitrogen and oxygen atoms in total. The molecule has 0 radical (unpaired) electrons. The van der Waals surface area contributed by atoms with E-state index in [9.17, 15) is 0 Å². The summed E-state index contributed by atoms with van der Waals surface area (Å²) in [6.45, 7) is 0. The number of thiazole rings is 1. The van der Waals surface area contributed by atoms with E-state index in [1.54, 1.807) is 38.0 Å². The molecule has 0 N–H and O–H groups in total. The van der Waals surface area contributed by atoms with Crippen molar-refractivity contribution in [3.8, 4) is 10.6 Å². The molecule has 0 aromatic carbocycles. The molecular weight excluding hydrogens is 224 g/mol. The molecule has 2 aromatic heterocycles. The minimum Gasteiger partial charge on any atom is -0.350 e. The highest BCUT2D eigenvalue weighted by Gasteiger charge is 2.13. The van der Waals surface area contributed by atoms with E-state index < -0.39 is 6.29 Å². The molecule has 0 spiro atoms. The molecule has 5 heteroatoms. The van der Waals surface area contributed by atoms with Crippen LogP contribution in [0.5, 0.6) is 0 Å². The van der Waals surface area contributed by atoms with Crippen molar-refractivity contribution in [2.45, 2.75) is 6.29 Å². The topological polar surface area (TPSA) is 44.2 Å². The predicted molar refractivity (Wildman–Crippen MR) is 62.1 cm³/mol. The van der Waals surface area contributed by atoms with Crippen LogP contribution >= 0.6 is 11.3 Å². The number of hydrogen-bond donors (Lipinski definition) is 0. The lowest BCUT2D eigenvalue weighted by molar-refractivity contribution is -0.108. The van der Waals surface area contributed by atoms with Crippen molar-refractivity contribution in [1.29, 1.82) is 0 Å². The van der Waals surface area contributed by atoms with Gasteiger partial charge in [0.05, 0.1) is 0 Å². The Morgan fingerprint density at radius 3 is 2.75 bits per heavy atom. The quantitative estimate of drug-likeness (QED) is 0.765. The van der Waals surface area contributed by atoms with Gasteiger partial charge in [-0.3, -0.25) is 4.98 Å². The van der Waals surface area contributed by atoms with E-state index in [0.29, 0.717) is 0 Å². The highest BCUT2D eigenvalue weighted by molar-refractivity contribution is 7.13. The third-order valence-corrected chi connectivity index (χ3v) is 3.01. The van der Waals surface area contributed by atoms with Crippen molar-refractivity contribution in [2.24, 2.45) is 0 Å². The maximum atomic E-state index is 5.14. The Hall–Kier alpha value is -1.30. The normalized spacial score (nSPS) is 10.9. The molecule has 0 fully saturated rings. The highest BCUT2D eigenvalue weighted by atomic mass is 32.1. The summed E-state index contributed by atoms with van der Waals surface area (Å²) in [5.74, 6) is 0. The molecule has 84 valence electrons. The van der Waals surface area contributed by atoms with Gasteiger partial charge in [-0.15, -0.1) is 11.3 Å². The Labute approximate surface area is 97.9 Å². The standard InChI is InChI=1S/C11H12N2O2S/c1-14-11(15-2)9-7-16-10(13-9)8-4-3-5-12-6-8/h3-7,11H,1-2H3. The van der Waals surface area contributed by atoms with Crippen molar-refractivity contribution in [3.05, 3.63) is 35.6 Å². The molecule has 0 saturated heterocycles. The second-order valence-corrected chi connectivity index (χ2v) is 3.98. The number of ether oxygens (including phenoxy) is 2. The maximum Gasteiger partial charge on any atom is 0.201 e. The first-order valence-corrected chi connectivity index (χ1v) is 5.64. The van der Waals surface area contributed by atoms with Gasteiger partial charge < -0.3 is 9.47 Å². The van der Waals surface area contributed by atoms with E-state index in [1.807, 2.05) is 17.5 Å². The van der Waals surface area contributed by atoms with Crippen molar-refractivity contribution < 1.29 is 9.47 Å². The number of methoxy groups -OCH3 is 2. The Balaban J connectivity index is 2.26. The molecule has 2 rings (SSSR count). The first-order chi connectivity index (χ1) is 7.85. The van der Waals surface area contributed by atoms with Gasteiger partial charge in [-0.1, -0.05) is 0 Å². The van der Waals surface area contributed by atoms with Crippen LogP contribution in [0.3, 0.4) is 0 Å². The van der Waals surface area contributed by atoms with E-state index in [1.165, 1.54) is 0 Å². The van der Waals surface area contributed by atoms with Gasteiger partial charge in [0.1, 0.15) is 10.7 Å². The lowest BCUT2D eigenvalue weighted by Gasteiger charge is -2.09. The van der Waals surface area contributed by atoms with Crippen LogP contribution in [0, 0.1) is 0 Å². The molecule has 0 bridgehead atoms. The summed E-state index contributed by atoms with van der Waals surface area (Å²) >= 11 is 1.55. The number of rotatable bonds is 4. The number of pyridine rings is 1. The Morgan fingerprint density at radius 2 is 2.12 bits per heavy atom.